The fraction of sp³-hybridized carbons (Fsp3) is 0.364. The summed E-state index contributed by atoms with van der Waals surface area (Å²) in [6, 6.07) is 9.14. The molecule has 0 aromatic heterocycles. The van der Waals surface area contributed by atoms with Gasteiger partial charge in [-0.05, 0) is 24.1 Å². The maximum Gasteiger partial charge on any atom is 0.243 e. The lowest BCUT2D eigenvalue weighted by atomic mass is 10.1. The minimum atomic E-state index is -0.666. The average Bonchev–Trinajstić information content (AvgIpc) is 2.79. The summed E-state index contributed by atoms with van der Waals surface area (Å²) in [5.74, 6) is 1.08. The summed E-state index contributed by atoms with van der Waals surface area (Å²) in [6.07, 6.45) is 0.278. The molecule has 0 saturated carbocycles. The Morgan fingerprint density at radius 2 is 1.77 bits per heavy atom. The molecule has 1 fully saturated rings. The zero-order valence-electron chi connectivity index (χ0n) is 17.6. The lowest BCUT2D eigenvalue weighted by Crippen LogP contribution is -2.54. The van der Waals surface area contributed by atoms with Gasteiger partial charge in [-0.1, -0.05) is 18.2 Å². The van der Waals surface area contributed by atoms with Crippen LogP contribution in [0.1, 0.15) is 11.1 Å². The standard InChI is InChI=1S/C22H25FN2O5S/c1-28-17-10-19(30-3)18(29-2)8-14(17)11-24-21(26)16-12-31-20(22(27)25-16)9-13-6-4-5-7-15(13)23/h4-8,10,16,20H,9,11-12H2,1-3H3,(H,24,26)(H,25,27)/t16-,20-/m1/s1. The van der Waals surface area contributed by atoms with Crippen molar-refractivity contribution in [1.82, 2.24) is 10.6 Å². The molecule has 2 aromatic carbocycles. The molecule has 166 valence electrons. The molecular formula is C22H25FN2O5S. The summed E-state index contributed by atoms with van der Waals surface area (Å²) in [5.41, 5.74) is 1.19. The molecule has 0 spiro atoms. The molecule has 3 rings (SSSR count). The van der Waals surface area contributed by atoms with Gasteiger partial charge >= 0.3 is 0 Å². The Morgan fingerprint density at radius 3 is 2.42 bits per heavy atom. The monoisotopic (exact) mass is 448 g/mol. The zero-order chi connectivity index (χ0) is 22.4. The predicted molar refractivity (Wildman–Crippen MR) is 116 cm³/mol. The molecule has 0 unspecified atom stereocenters. The third-order valence-corrected chi connectivity index (χ3v) is 6.30. The van der Waals surface area contributed by atoms with Gasteiger partial charge in [0.25, 0.3) is 0 Å². The van der Waals surface area contributed by atoms with Crippen LogP contribution in [-0.4, -0.2) is 50.2 Å². The van der Waals surface area contributed by atoms with E-state index in [9.17, 15) is 14.0 Å². The fourth-order valence-corrected chi connectivity index (χ4v) is 4.46. The summed E-state index contributed by atoms with van der Waals surface area (Å²) >= 11 is 1.35. The molecule has 0 radical (unpaired) electrons. The Morgan fingerprint density at radius 1 is 1.10 bits per heavy atom. The van der Waals surface area contributed by atoms with Gasteiger partial charge in [0.1, 0.15) is 17.6 Å². The molecule has 1 saturated heterocycles. The number of halogens is 1. The number of hydrogen-bond acceptors (Lipinski definition) is 6. The van der Waals surface area contributed by atoms with Crippen molar-refractivity contribution >= 4 is 23.6 Å². The second-order valence-corrected chi connectivity index (χ2v) is 8.15. The minimum absolute atomic E-state index is 0.193. The normalized spacial score (nSPS) is 18.1. The van der Waals surface area contributed by atoms with Crippen molar-refractivity contribution in [3.05, 3.63) is 53.3 Å². The van der Waals surface area contributed by atoms with E-state index < -0.39 is 11.3 Å². The highest BCUT2D eigenvalue weighted by Crippen LogP contribution is 2.34. The van der Waals surface area contributed by atoms with Crippen molar-refractivity contribution in [2.24, 2.45) is 0 Å². The van der Waals surface area contributed by atoms with Crippen LogP contribution in [0.3, 0.4) is 0 Å². The van der Waals surface area contributed by atoms with Crippen molar-refractivity contribution in [1.29, 1.82) is 0 Å². The maximum atomic E-state index is 13.9. The molecule has 2 amide bonds. The van der Waals surface area contributed by atoms with Crippen LogP contribution < -0.4 is 24.8 Å². The van der Waals surface area contributed by atoms with Crippen LogP contribution in [-0.2, 0) is 22.6 Å². The van der Waals surface area contributed by atoms with Crippen molar-refractivity contribution in [3.63, 3.8) is 0 Å². The number of thioether (sulfide) groups is 1. The number of rotatable bonds is 8. The van der Waals surface area contributed by atoms with Crippen molar-refractivity contribution < 1.29 is 28.2 Å². The second-order valence-electron chi connectivity index (χ2n) is 6.92. The SMILES string of the molecule is COc1cc(OC)c(OC)cc1CNC(=O)[C@H]1CS[C@H](Cc2ccccc2F)C(=O)N1. The van der Waals surface area contributed by atoms with Gasteiger partial charge in [0, 0.05) is 23.9 Å². The number of methoxy groups -OCH3 is 3. The van der Waals surface area contributed by atoms with E-state index in [0.717, 1.165) is 0 Å². The van der Waals surface area contributed by atoms with Gasteiger partial charge in [-0.3, -0.25) is 9.59 Å². The topological polar surface area (TPSA) is 85.9 Å². The summed E-state index contributed by atoms with van der Waals surface area (Å²) < 4.78 is 29.8. The number of amides is 2. The van der Waals surface area contributed by atoms with Crippen LogP contribution in [0, 0.1) is 5.82 Å². The van der Waals surface area contributed by atoms with Gasteiger partial charge in [-0.15, -0.1) is 11.8 Å². The van der Waals surface area contributed by atoms with Gasteiger partial charge < -0.3 is 24.8 Å². The molecule has 1 heterocycles. The Bertz CT molecular complexity index is 955. The summed E-state index contributed by atoms with van der Waals surface area (Å²) in [5, 5.41) is 5.13. The molecule has 1 aliphatic rings. The van der Waals surface area contributed by atoms with Crippen molar-refractivity contribution in [2.75, 3.05) is 27.1 Å². The summed E-state index contributed by atoms with van der Waals surface area (Å²) in [4.78, 5) is 25.1. The zero-order valence-corrected chi connectivity index (χ0v) is 18.4. The molecule has 31 heavy (non-hydrogen) atoms. The Kier molecular flexibility index (Phi) is 7.62. The lowest BCUT2D eigenvalue weighted by molar-refractivity contribution is -0.128. The van der Waals surface area contributed by atoms with Crippen LogP contribution in [0.5, 0.6) is 17.2 Å². The molecule has 9 heteroatoms. The van der Waals surface area contributed by atoms with Gasteiger partial charge in [-0.2, -0.15) is 0 Å². The van der Waals surface area contributed by atoms with Crippen molar-refractivity contribution in [3.8, 4) is 17.2 Å². The molecular weight excluding hydrogens is 423 g/mol. The number of hydrogen-bond donors (Lipinski definition) is 2. The first-order valence-corrected chi connectivity index (χ1v) is 10.7. The van der Waals surface area contributed by atoms with Crippen LogP contribution in [0.2, 0.25) is 0 Å². The van der Waals surface area contributed by atoms with E-state index in [1.807, 2.05) is 0 Å². The van der Waals surface area contributed by atoms with Gasteiger partial charge in [0.05, 0.1) is 26.6 Å². The average molecular weight is 449 g/mol. The Hall–Kier alpha value is -2.94. The minimum Gasteiger partial charge on any atom is -0.496 e. The highest BCUT2D eigenvalue weighted by Gasteiger charge is 2.32. The van der Waals surface area contributed by atoms with E-state index >= 15 is 0 Å². The van der Waals surface area contributed by atoms with Crippen molar-refractivity contribution in [2.45, 2.75) is 24.3 Å². The summed E-state index contributed by atoms with van der Waals surface area (Å²) in [6.45, 7) is 0.193. The first-order chi connectivity index (χ1) is 15.0. The fourth-order valence-electron chi connectivity index (χ4n) is 3.29. The number of carbonyl (C=O) groups is 2. The Balaban J connectivity index is 1.59. The third kappa shape index (κ3) is 5.41. The first-order valence-electron chi connectivity index (χ1n) is 9.68. The van der Waals surface area contributed by atoms with Crippen LogP contribution in [0.15, 0.2) is 36.4 Å². The van der Waals surface area contributed by atoms with E-state index in [4.69, 9.17) is 14.2 Å². The number of benzene rings is 2. The molecule has 2 N–H and O–H groups in total. The second kappa shape index (κ2) is 10.4. The lowest BCUT2D eigenvalue weighted by Gasteiger charge is -2.28. The largest absolute Gasteiger partial charge is 0.496 e. The van der Waals surface area contributed by atoms with Crippen LogP contribution in [0.4, 0.5) is 4.39 Å². The molecule has 1 aliphatic heterocycles. The highest BCUT2D eigenvalue weighted by molar-refractivity contribution is 8.00. The molecule has 0 bridgehead atoms. The third-order valence-electron chi connectivity index (χ3n) is 4.99. The van der Waals surface area contributed by atoms with E-state index in [1.54, 1.807) is 30.3 Å². The van der Waals surface area contributed by atoms with Gasteiger partial charge in [0.15, 0.2) is 11.5 Å². The van der Waals surface area contributed by atoms with Crippen LogP contribution in [0.25, 0.3) is 0 Å². The Labute approximate surface area is 184 Å². The van der Waals surface area contributed by atoms with Gasteiger partial charge in [0.2, 0.25) is 11.8 Å². The first kappa shape index (κ1) is 22.7. The molecule has 2 atom stereocenters. The molecule has 0 aliphatic carbocycles. The van der Waals surface area contributed by atoms with E-state index in [0.29, 0.717) is 34.1 Å². The van der Waals surface area contributed by atoms with E-state index in [-0.39, 0.29) is 30.6 Å². The van der Waals surface area contributed by atoms with Crippen LogP contribution >= 0.6 is 11.8 Å². The molecule has 7 nitrogen and oxygen atoms in total. The number of carbonyl (C=O) groups excluding carboxylic acids is 2. The smallest absolute Gasteiger partial charge is 0.243 e. The van der Waals surface area contributed by atoms with E-state index in [2.05, 4.69) is 10.6 Å². The maximum absolute atomic E-state index is 13.9. The summed E-state index contributed by atoms with van der Waals surface area (Å²) in [7, 11) is 4.58. The number of nitrogens with one attached hydrogen (secondary N) is 2. The molecule has 2 aromatic rings. The quantitative estimate of drug-likeness (QED) is 0.645. The predicted octanol–water partition coefficient (Wildman–Crippen LogP) is 2.31. The van der Waals surface area contributed by atoms with E-state index in [1.165, 1.54) is 39.2 Å². The highest BCUT2D eigenvalue weighted by atomic mass is 32.2. The number of ether oxygens (including phenoxy) is 3. The van der Waals surface area contributed by atoms with Gasteiger partial charge in [-0.25, -0.2) is 4.39 Å².